The molecule has 0 amide bonds. The zero-order valence-electron chi connectivity index (χ0n) is 12.7. The second-order valence-corrected chi connectivity index (χ2v) is 6.25. The number of nitrogens with zero attached hydrogens (tertiary/aromatic N) is 2. The summed E-state index contributed by atoms with van der Waals surface area (Å²) in [5.41, 5.74) is 1.49. The van der Waals surface area contributed by atoms with Gasteiger partial charge in [0, 0.05) is 38.0 Å². The number of aromatic nitrogens is 2. The molecule has 0 aromatic carbocycles. The third-order valence-electron chi connectivity index (χ3n) is 4.18. The van der Waals surface area contributed by atoms with Crippen LogP contribution in [0.3, 0.4) is 0 Å². The van der Waals surface area contributed by atoms with Crippen LogP contribution in [0.1, 0.15) is 32.4 Å². The Morgan fingerprint density at radius 2 is 2.20 bits per heavy atom. The van der Waals surface area contributed by atoms with Gasteiger partial charge in [0.15, 0.2) is 4.96 Å². The number of hydrogen-bond donors (Lipinski definition) is 1. The summed E-state index contributed by atoms with van der Waals surface area (Å²) in [4.78, 5) is 5.82. The third-order valence-corrected chi connectivity index (χ3v) is 4.95. The summed E-state index contributed by atoms with van der Waals surface area (Å²) in [5.74, 6) is 0. The van der Waals surface area contributed by atoms with Gasteiger partial charge in [-0.3, -0.25) is 4.40 Å². The first-order valence-corrected chi connectivity index (χ1v) is 8.21. The van der Waals surface area contributed by atoms with E-state index in [0.717, 1.165) is 43.9 Å². The molecule has 0 atom stereocenters. The minimum atomic E-state index is 0.289. The van der Waals surface area contributed by atoms with Crippen molar-refractivity contribution >= 4 is 16.3 Å². The molecule has 0 fully saturated rings. The molecule has 1 N–H and O–H groups in total. The Balaban J connectivity index is 2.01. The summed E-state index contributed by atoms with van der Waals surface area (Å²) >= 11 is 1.69. The molecule has 0 spiro atoms. The highest BCUT2D eigenvalue weighted by atomic mass is 32.1. The Labute approximate surface area is 125 Å². The summed E-state index contributed by atoms with van der Waals surface area (Å²) in [6.07, 6.45) is 7.60. The second-order valence-electron chi connectivity index (χ2n) is 5.38. The zero-order chi connectivity index (χ0) is 14.4. The molecular formula is C15H25N3OS. The van der Waals surface area contributed by atoms with E-state index in [2.05, 4.69) is 41.3 Å². The molecule has 0 aliphatic rings. The molecule has 0 saturated carbocycles. The highest BCUT2D eigenvalue weighted by Gasteiger charge is 2.27. The van der Waals surface area contributed by atoms with E-state index in [1.165, 1.54) is 5.69 Å². The predicted molar refractivity (Wildman–Crippen MR) is 84.5 cm³/mol. The Morgan fingerprint density at radius 1 is 1.40 bits per heavy atom. The van der Waals surface area contributed by atoms with Crippen molar-refractivity contribution in [1.82, 2.24) is 14.7 Å². The van der Waals surface area contributed by atoms with Crippen LogP contribution < -0.4 is 5.32 Å². The van der Waals surface area contributed by atoms with Gasteiger partial charge in [0.05, 0.1) is 12.3 Å². The number of thiazole rings is 1. The van der Waals surface area contributed by atoms with Crippen LogP contribution in [0.2, 0.25) is 0 Å². The third kappa shape index (κ3) is 3.59. The van der Waals surface area contributed by atoms with Crippen molar-refractivity contribution < 1.29 is 4.74 Å². The van der Waals surface area contributed by atoms with E-state index in [1.54, 1.807) is 18.4 Å². The summed E-state index contributed by atoms with van der Waals surface area (Å²) in [6.45, 7) is 7.26. The summed E-state index contributed by atoms with van der Waals surface area (Å²) in [6, 6.07) is 0. The van der Waals surface area contributed by atoms with Crippen molar-refractivity contribution in [2.45, 2.75) is 33.1 Å². The SMILES string of the molecule is CCC(CC)(CNCCOC)Cc1cn2ccsc2n1. The first-order valence-electron chi connectivity index (χ1n) is 7.34. The van der Waals surface area contributed by atoms with E-state index in [-0.39, 0.29) is 5.41 Å². The van der Waals surface area contributed by atoms with Crippen LogP contribution in [0.5, 0.6) is 0 Å². The topological polar surface area (TPSA) is 38.6 Å². The number of methoxy groups -OCH3 is 1. The van der Waals surface area contributed by atoms with Gasteiger partial charge in [-0.15, -0.1) is 11.3 Å². The van der Waals surface area contributed by atoms with E-state index in [4.69, 9.17) is 9.72 Å². The quantitative estimate of drug-likeness (QED) is 0.723. The van der Waals surface area contributed by atoms with Crippen molar-refractivity contribution in [3.05, 3.63) is 23.5 Å². The van der Waals surface area contributed by atoms with Crippen molar-refractivity contribution in [3.63, 3.8) is 0 Å². The molecule has 0 radical (unpaired) electrons. The number of hydrogen-bond acceptors (Lipinski definition) is 4. The lowest BCUT2D eigenvalue weighted by atomic mass is 9.78. The average Bonchev–Trinajstić information content (AvgIpc) is 3.03. The normalized spacial score (nSPS) is 12.3. The van der Waals surface area contributed by atoms with Crippen LogP contribution >= 0.6 is 11.3 Å². The zero-order valence-corrected chi connectivity index (χ0v) is 13.5. The summed E-state index contributed by atoms with van der Waals surface area (Å²) < 4.78 is 7.21. The van der Waals surface area contributed by atoms with Crippen LogP contribution in [0.4, 0.5) is 0 Å². The van der Waals surface area contributed by atoms with Crippen LogP contribution in [0.15, 0.2) is 17.8 Å². The van der Waals surface area contributed by atoms with Gasteiger partial charge in [-0.1, -0.05) is 13.8 Å². The molecule has 2 aromatic rings. The lowest BCUT2D eigenvalue weighted by molar-refractivity contribution is 0.185. The standard InChI is InChI=1S/C15H25N3OS/c1-4-15(5-2,12-16-6-8-19-3)10-13-11-18-7-9-20-14(18)17-13/h7,9,11,16H,4-6,8,10,12H2,1-3H3. The molecule has 112 valence electrons. The maximum Gasteiger partial charge on any atom is 0.193 e. The number of imidazole rings is 1. The van der Waals surface area contributed by atoms with Gasteiger partial charge in [0.25, 0.3) is 0 Å². The molecule has 5 heteroatoms. The lowest BCUT2D eigenvalue weighted by Crippen LogP contribution is -2.36. The van der Waals surface area contributed by atoms with Crippen molar-refractivity contribution in [1.29, 1.82) is 0 Å². The first-order chi connectivity index (χ1) is 9.73. The van der Waals surface area contributed by atoms with Crippen LogP contribution in [-0.2, 0) is 11.2 Å². The summed E-state index contributed by atoms with van der Waals surface area (Å²) in [5, 5.41) is 5.59. The molecular weight excluding hydrogens is 270 g/mol. The van der Waals surface area contributed by atoms with Gasteiger partial charge < -0.3 is 10.1 Å². The number of nitrogens with one attached hydrogen (secondary N) is 1. The molecule has 4 nitrogen and oxygen atoms in total. The van der Waals surface area contributed by atoms with Gasteiger partial charge in [-0.05, 0) is 24.7 Å². The Morgan fingerprint density at radius 3 is 2.85 bits per heavy atom. The van der Waals surface area contributed by atoms with Crippen LogP contribution in [0.25, 0.3) is 4.96 Å². The van der Waals surface area contributed by atoms with E-state index in [9.17, 15) is 0 Å². The van der Waals surface area contributed by atoms with Gasteiger partial charge in [-0.25, -0.2) is 4.98 Å². The monoisotopic (exact) mass is 295 g/mol. The summed E-state index contributed by atoms with van der Waals surface area (Å²) in [7, 11) is 1.74. The van der Waals surface area contributed by atoms with Crippen LogP contribution in [-0.4, -0.2) is 36.2 Å². The fraction of sp³-hybridized carbons (Fsp3) is 0.667. The predicted octanol–water partition coefficient (Wildman–Crippen LogP) is 2.98. The smallest absolute Gasteiger partial charge is 0.193 e. The minimum Gasteiger partial charge on any atom is -0.383 e. The van der Waals surface area contributed by atoms with Gasteiger partial charge >= 0.3 is 0 Å². The van der Waals surface area contributed by atoms with Crippen molar-refractivity contribution in [2.75, 3.05) is 26.8 Å². The number of rotatable bonds is 9. The largest absolute Gasteiger partial charge is 0.383 e. The first kappa shape index (κ1) is 15.5. The second kappa shape index (κ2) is 7.20. The number of fused-ring (bicyclic) bond motifs is 1. The molecule has 2 aromatic heterocycles. The Kier molecular flexibility index (Phi) is 5.57. The van der Waals surface area contributed by atoms with E-state index >= 15 is 0 Å². The Bertz CT molecular complexity index is 487. The molecule has 0 saturated heterocycles. The highest BCUT2D eigenvalue weighted by molar-refractivity contribution is 7.15. The molecule has 0 unspecified atom stereocenters. The molecule has 0 aliphatic heterocycles. The molecule has 20 heavy (non-hydrogen) atoms. The fourth-order valence-corrected chi connectivity index (χ4v) is 3.30. The maximum absolute atomic E-state index is 5.09. The van der Waals surface area contributed by atoms with Gasteiger partial charge in [-0.2, -0.15) is 0 Å². The van der Waals surface area contributed by atoms with E-state index in [1.807, 2.05) is 0 Å². The van der Waals surface area contributed by atoms with Crippen molar-refractivity contribution in [3.8, 4) is 0 Å². The van der Waals surface area contributed by atoms with Gasteiger partial charge in [0.2, 0.25) is 0 Å². The van der Waals surface area contributed by atoms with Crippen LogP contribution in [0, 0.1) is 5.41 Å². The minimum absolute atomic E-state index is 0.289. The average molecular weight is 295 g/mol. The molecule has 0 aliphatic carbocycles. The molecule has 2 rings (SSSR count). The van der Waals surface area contributed by atoms with E-state index in [0.29, 0.717) is 0 Å². The molecule has 0 bridgehead atoms. The fourth-order valence-electron chi connectivity index (χ4n) is 2.59. The lowest BCUT2D eigenvalue weighted by Gasteiger charge is -2.31. The van der Waals surface area contributed by atoms with Gasteiger partial charge in [0.1, 0.15) is 0 Å². The van der Waals surface area contributed by atoms with E-state index < -0.39 is 0 Å². The maximum atomic E-state index is 5.09. The van der Waals surface area contributed by atoms with Crippen molar-refractivity contribution in [2.24, 2.45) is 5.41 Å². The molecule has 2 heterocycles. The number of ether oxygens (including phenoxy) is 1. The highest BCUT2D eigenvalue weighted by Crippen LogP contribution is 2.30. The Hall–Kier alpha value is -0.910.